The summed E-state index contributed by atoms with van der Waals surface area (Å²) in [5, 5.41) is 15.0. The molecule has 0 bridgehead atoms. The van der Waals surface area contributed by atoms with Gasteiger partial charge in [0.15, 0.2) is 6.29 Å². The number of nitrogens with zero attached hydrogens (tertiary/aromatic N) is 2. The molecule has 0 aliphatic carbocycles. The molecule has 8 nitrogen and oxygen atoms in total. The van der Waals surface area contributed by atoms with Crippen LogP contribution in [0.5, 0.6) is 0 Å². The topological polar surface area (TPSA) is 96.0 Å². The summed E-state index contributed by atoms with van der Waals surface area (Å²) in [5.41, 5.74) is 4.49. The minimum atomic E-state index is -0.582. The van der Waals surface area contributed by atoms with E-state index in [4.69, 9.17) is 9.47 Å². The van der Waals surface area contributed by atoms with Crippen LogP contribution in [0.3, 0.4) is 0 Å². The Hall–Kier alpha value is -3.30. The van der Waals surface area contributed by atoms with E-state index < -0.39 is 6.29 Å². The van der Waals surface area contributed by atoms with E-state index in [9.17, 15) is 9.90 Å². The van der Waals surface area contributed by atoms with Crippen LogP contribution in [0.1, 0.15) is 48.1 Å². The summed E-state index contributed by atoms with van der Waals surface area (Å²) in [7, 11) is 2.10. The second-order valence-electron chi connectivity index (χ2n) is 9.29. The zero-order chi connectivity index (χ0) is 26.0. The molecule has 4 rings (SSSR count). The van der Waals surface area contributed by atoms with Gasteiger partial charge >= 0.3 is 6.03 Å². The summed E-state index contributed by atoms with van der Waals surface area (Å²) in [6.07, 6.45) is 2.59. The Morgan fingerprint density at radius 1 is 1.08 bits per heavy atom. The molecule has 196 valence electrons. The Bertz CT molecular complexity index is 1130. The normalized spacial score (nSPS) is 19.5. The number of ether oxygens (including phenoxy) is 2. The van der Waals surface area contributed by atoms with Crippen LogP contribution < -0.4 is 10.6 Å². The van der Waals surface area contributed by atoms with Gasteiger partial charge in [0.25, 0.3) is 0 Å². The highest BCUT2D eigenvalue weighted by atomic mass is 16.7. The molecule has 0 radical (unpaired) electrons. The van der Waals surface area contributed by atoms with Crippen LogP contribution in [0.4, 0.5) is 10.5 Å². The predicted octanol–water partition coefficient (Wildman–Crippen LogP) is 4.44. The molecule has 0 spiro atoms. The van der Waals surface area contributed by atoms with Crippen LogP contribution in [0.15, 0.2) is 72.9 Å². The lowest BCUT2D eigenvalue weighted by atomic mass is 9.99. The van der Waals surface area contributed by atoms with Gasteiger partial charge in [-0.15, -0.1) is 0 Å². The molecular weight excluding hydrogens is 468 g/mol. The Labute approximate surface area is 218 Å². The van der Waals surface area contributed by atoms with E-state index >= 15 is 0 Å². The summed E-state index contributed by atoms with van der Waals surface area (Å²) >= 11 is 0. The van der Waals surface area contributed by atoms with E-state index in [1.807, 2.05) is 79.9 Å². The first-order valence-electron chi connectivity index (χ1n) is 12.8. The summed E-state index contributed by atoms with van der Waals surface area (Å²) < 4.78 is 12.9. The third-order valence-electron chi connectivity index (χ3n) is 6.36. The molecule has 2 heterocycles. The van der Waals surface area contributed by atoms with Crippen molar-refractivity contribution in [3.63, 3.8) is 0 Å². The Morgan fingerprint density at radius 3 is 2.65 bits per heavy atom. The number of likely N-dealkylation sites (N-methyl/N-ethyl adjacent to an activating group) is 1. The van der Waals surface area contributed by atoms with Crippen molar-refractivity contribution >= 4 is 11.7 Å². The molecule has 3 aromatic rings. The number of benzene rings is 2. The van der Waals surface area contributed by atoms with Gasteiger partial charge in [-0.2, -0.15) is 0 Å². The number of rotatable bonds is 10. The van der Waals surface area contributed by atoms with Gasteiger partial charge < -0.3 is 30.1 Å². The molecule has 1 aliphatic rings. The fourth-order valence-corrected chi connectivity index (χ4v) is 4.42. The van der Waals surface area contributed by atoms with Gasteiger partial charge in [0.05, 0.1) is 18.8 Å². The van der Waals surface area contributed by atoms with E-state index in [1.54, 1.807) is 0 Å². The van der Waals surface area contributed by atoms with Gasteiger partial charge in [-0.25, -0.2) is 4.79 Å². The van der Waals surface area contributed by atoms with Crippen LogP contribution in [0.2, 0.25) is 0 Å². The number of carbonyl (C=O) groups excluding carboxylic acids is 1. The van der Waals surface area contributed by atoms with Crippen molar-refractivity contribution in [2.24, 2.45) is 0 Å². The first-order valence-corrected chi connectivity index (χ1v) is 12.8. The van der Waals surface area contributed by atoms with Crippen molar-refractivity contribution in [2.45, 2.75) is 44.9 Å². The Kier molecular flexibility index (Phi) is 9.62. The van der Waals surface area contributed by atoms with E-state index in [1.165, 1.54) is 0 Å². The van der Waals surface area contributed by atoms with E-state index in [0.29, 0.717) is 18.7 Å². The van der Waals surface area contributed by atoms with Gasteiger partial charge in [0, 0.05) is 55.6 Å². The average molecular weight is 505 g/mol. The van der Waals surface area contributed by atoms with Crippen LogP contribution in [-0.2, 0) is 22.5 Å². The van der Waals surface area contributed by atoms with Gasteiger partial charge in [-0.05, 0) is 49.4 Å². The van der Waals surface area contributed by atoms with Crippen molar-refractivity contribution in [1.82, 2.24) is 15.2 Å². The van der Waals surface area contributed by atoms with E-state index in [2.05, 4.69) is 27.6 Å². The molecule has 3 atom stereocenters. The molecule has 2 amide bonds. The van der Waals surface area contributed by atoms with Crippen molar-refractivity contribution in [1.29, 1.82) is 0 Å². The Balaban J connectivity index is 1.48. The number of hydrogen-bond acceptors (Lipinski definition) is 6. The fraction of sp³-hybridized carbons (Fsp3) is 0.379. The largest absolute Gasteiger partial charge is 0.392 e. The number of aliphatic hydroxyl groups excluding tert-OH is 1. The van der Waals surface area contributed by atoms with E-state index in [0.717, 1.165) is 41.9 Å². The molecule has 2 aromatic carbocycles. The maximum Gasteiger partial charge on any atom is 0.319 e. The molecule has 1 saturated heterocycles. The van der Waals surface area contributed by atoms with Crippen molar-refractivity contribution in [3.05, 3.63) is 95.3 Å². The second-order valence-corrected chi connectivity index (χ2v) is 9.29. The number of amides is 2. The second kappa shape index (κ2) is 13.3. The monoisotopic (exact) mass is 504 g/mol. The molecule has 0 saturated carbocycles. The molecule has 8 heteroatoms. The highest BCUT2D eigenvalue weighted by molar-refractivity contribution is 5.89. The SMILES string of the molecule is CCNC(=O)Nc1cccc([C@@H]2O[C@H](CN(C)CCc3ccccn3)C[C@H](c3ccc(CO)cc3)O2)c1. The summed E-state index contributed by atoms with van der Waals surface area (Å²) in [6.45, 7) is 4.04. The molecule has 1 aliphatic heterocycles. The highest BCUT2D eigenvalue weighted by Gasteiger charge is 2.33. The number of pyridine rings is 1. The van der Waals surface area contributed by atoms with Crippen molar-refractivity contribution in [2.75, 3.05) is 32.0 Å². The minimum Gasteiger partial charge on any atom is -0.392 e. The summed E-state index contributed by atoms with van der Waals surface area (Å²) in [5.74, 6) is 0. The van der Waals surface area contributed by atoms with Gasteiger partial charge in [0.2, 0.25) is 0 Å². The number of hydrogen-bond donors (Lipinski definition) is 3. The quantitative estimate of drug-likeness (QED) is 0.378. The maximum absolute atomic E-state index is 12.0. The molecule has 0 unspecified atom stereocenters. The average Bonchev–Trinajstić information content (AvgIpc) is 2.92. The Morgan fingerprint density at radius 2 is 1.92 bits per heavy atom. The van der Waals surface area contributed by atoms with Crippen molar-refractivity contribution < 1.29 is 19.4 Å². The van der Waals surface area contributed by atoms with Crippen LogP contribution in [-0.4, -0.2) is 53.8 Å². The van der Waals surface area contributed by atoms with Gasteiger partial charge in [0.1, 0.15) is 0 Å². The summed E-state index contributed by atoms with van der Waals surface area (Å²) in [4.78, 5) is 18.7. The minimum absolute atomic E-state index is 0.00658. The van der Waals surface area contributed by atoms with Crippen LogP contribution >= 0.6 is 0 Å². The number of urea groups is 1. The third kappa shape index (κ3) is 7.84. The van der Waals surface area contributed by atoms with Crippen LogP contribution in [0, 0.1) is 0 Å². The molecular formula is C29H36N4O4. The predicted molar refractivity (Wildman–Crippen MR) is 143 cm³/mol. The number of aliphatic hydroxyl groups is 1. The fourth-order valence-electron chi connectivity index (χ4n) is 4.42. The zero-order valence-electron chi connectivity index (χ0n) is 21.5. The lowest BCUT2D eigenvalue weighted by Gasteiger charge is -2.38. The number of aromatic nitrogens is 1. The number of nitrogens with one attached hydrogen (secondary N) is 2. The van der Waals surface area contributed by atoms with Gasteiger partial charge in [-0.1, -0.05) is 42.5 Å². The molecule has 1 aromatic heterocycles. The van der Waals surface area contributed by atoms with Gasteiger partial charge in [-0.3, -0.25) is 4.98 Å². The zero-order valence-corrected chi connectivity index (χ0v) is 21.5. The number of carbonyl (C=O) groups is 1. The number of anilines is 1. The standard InChI is InChI=1S/C29H36N4O4/c1-3-30-29(35)32-25-9-6-7-23(17-25)28-36-26(19-33(2)16-14-24-8-4-5-15-31-24)18-27(37-28)22-12-10-21(20-34)11-13-22/h4-13,15,17,26-28,34H,3,14,16,18-20H2,1-2H3,(H2,30,32,35)/t26-,27+,28+/m0/s1. The first-order chi connectivity index (χ1) is 18.0. The maximum atomic E-state index is 12.0. The summed E-state index contributed by atoms with van der Waals surface area (Å²) in [6, 6.07) is 21.2. The van der Waals surface area contributed by atoms with Crippen molar-refractivity contribution in [3.8, 4) is 0 Å². The lowest BCUT2D eigenvalue weighted by molar-refractivity contribution is -0.252. The van der Waals surface area contributed by atoms with E-state index in [-0.39, 0.29) is 24.8 Å². The smallest absolute Gasteiger partial charge is 0.319 e. The highest BCUT2D eigenvalue weighted by Crippen LogP contribution is 2.38. The molecule has 1 fully saturated rings. The molecule has 3 N–H and O–H groups in total. The first kappa shape index (κ1) is 26.8. The third-order valence-corrected chi connectivity index (χ3v) is 6.36. The lowest BCUT2D eigenvalue weighted by Crippen LogP contribution is -2.38. The molecule has 37 heavy (non-hydrogen) atoms. The van der Waals surface area contributed by atoms with Crippen LogP contribution in [0.25, 0.3) is 0 Å².